The third-order valence-corrected chi connectivity index (χ3v) is 3.57. The highest BCUT2D eigenvalue weighted by Crippen LogP contribution is 2.21. The molecule has 0 radical (unpaired) electrons. The van der Waals surface area contributed by atoms with Crippen LogP contribution < -0.4 is 5.32 Å². The molecule has 1 saturated heterocycles. The minimum atomic E-state index is -1.28. The summed E-state index contributed by atoms with van der Waals surface area (Å²) in [6.45, 7) is 3.85. The van der Waals surface area contributed by atoms with E-state index in [1.54, 1.807) is 4.90 Å². The van der Waals surface area contributed by atoms with Crippen LogP contribution in [-0.4, -0.2) is 59.6 Å². The summed E-state index contributed by atoms with van der Waals surface area (Å²) in [5.74, 6) is -2.04. The normalized spacial score (nSPS) is 19.4. The Balaban J connectivity index is 2.18. The fourth-order valence-electron chi connectivity index (χ4n) is 2.45. The molecule has 1 aliphatic rings. The van der Waals surface area contributed by atoms with E-state index in [1.807, 2.05) is 14.0 Å². The first-order valence-electron chi connectivity index (χ1n) is 6.68. The van der Waals surface area contributed by atoms with E-state index < -0.39 is 17.8 Å². The third kappa shape index (κ3) is 3.30. The number of urea groups is 1. The lowest BCUT2D eigenvalue weighted by molar-refractivity contribution is 0.0697. The van der Waals surface area contributed by atoms with Gasteiger partial charge in [0.25, 0.3) is 0 Å². The number of amides is 2. The lowest BCUT2D eigenvalue weighted by Crippen LogP contribution is -2.54. The summed E-state index contributed by atoms with van der Waals surface area (Å²) < 4.78 is 13.8. The molecule has 0 spiro atoms. The Morgan fingerprint density at radius 2 is 2.10 bits per heavy atom. The summed E-state index contributed by atoms with van der Waals surface area (Å²) in [6.07, 6.45) is 0. The van der Waals surface area contributed by atoms with Gasteiger partial charge in [-0.25, -0.2) is 14.0 Å². The number of carboxylic acids is 1. The largest absolute Gasteiger partial charge is 0.478 e. The van der Waals surface area contributed by atoms with Gasteiger partial charge < -0.3 is 20.2 Å². The Morgan fingerprint density at radius 1 is 1.38 bits per heavy atom. The summed E-state index contributed by atoms with van der Waals surface area (Å²) in [5, 5.41) is 11.4. The van der Waals surface area contributed by atoms with Crippen LogP contribution in [0.25, 0.3) is 0 Å². The lowest BCUT2D eigenvalue weighted by atomic mass is 10.1. The van der Waals surface area contributed by atoms with Gasteiger partial charge in [-0.15, -0.1) is 0 Å². The maximum absolute atomic E-state index is 13.8. The van der Waals surface area contributed by atoms with Crippen molar-refractivity contribution < 1.29 is 19.1 Å². The maximum atomic E-state index is 13.8. The molecule has 7 heteroatoms. The van der Waals surface area contributed by atoms with Crippen LogP contribution in [0.5, 0.6) is 0 Å². The molecule has 6 nitrogen and oxygen atoms in total. The highest BCUT2D eigenvalue weighted by atomic mass is 19.1. The van der Waals surface area contributed by atoms with Gasteiger partial charge in [0.1, 0.15) is 5.82 Å². The summed E-state index contributed by atoms with van der Waals surface area (Å²) in [7, 11) is 1.96. The molecule has 1 heterocycles. The average molecular weight is 295 g/mol. The number of carbonyl (C=O) groups is 2. The van der Waals surface area contributed by atoms with E-state index in [1.165, 1.54) is 12.1 Å². The van der Waals surface area contributed by atoms with E-state index in [-0.39, 0.29) is 17.3 Å². The number of nitrogens with one attached hydrogen (secondary N) is 1. The minimum absolute atomic E-state index is 0.0243. The second-order valence-corrected chi connectivity index (χ2v) is 5.20. The number of nitrogens with zero attached hydrogens (tertiary/aromatic N) is 2. The van der Waals surface area contributed by atoms with Crippen molar-refractivity contribution in [1.82, 2.24) is 9.80 Å². The number of piperazine rings is 1. The minimum Gasteiger partial charge on any atom is -0.478 e. The molecule has 0 bridgehead atoms. The van der Waals surface area contributed by atoms with E-state index in [0.29, 0.717) is 6.54 Å². The zero-order valence-corrected chi connectivity index (χ0v) is 12.0. The Hall–Kier alpha value is -2.15. The van der Waals surface area contributed by atoms with E-state index in [9.17, 15) is 14.0 Å². The zero-order chi connectivity index (χ0) is 15.6. The Bertz CT molecular complexity index is 564. The van der Waals surface area contributed by atoms with Crippen molar-refractivity contribution in [2.75, 3.05) is 32.0 Å². The molecule has 1 unspecified atom stereocenters. The van der Waals surface area contributed by atoms with Crippen molar-refractivity contribution in [2.45, 2.75) is 13.0 Å². The topological polar surface area (TPSA) is 72.9 Å². The first-order valence-corrected chi connectivity index (χ1v) is 6.68. The van der Waals surface area contributed by atoms with E-state index in [4.69, 9.17) is 5.11 Å². The molecule has 1 aromatic carbocycles. The molecule has 1 aliphatic heterocycles. The van der Waals surface area contributed by atoms with Gasteiger partial charge in [0, 0.05) is 25.7 Å². The summed E-state index contributed by atoms with van der Waals surface area (Å²) in [4.78, 5) is 27.0. The third-order valence-electron chi connectivity index (χ3n) is 3.57. The summed E-state index contributed by atoms with van der Waals surface area (Å²) in [6, 6.07) is 3.17. The molecule has 1 atom stereocenters. The molecule has 114 valence electrons. The lowest BCUT2D eigenvalue weighted by Gasteiger charge is -2.38. The van der Waals surface area contributed by atoms with Crippen LogP contribution >= 0.6 is 0 Å². The van der Waals surface area contributed by atoms with Gasteiger partial charge >= 0.3 is 12.0 Å². The number of carbonyl (C=O) groups excluding carboxylic acids is 1. The highest BCUT2D eigenvalue weighted by Gasteiger charge is 2.27. The highest BCUT2D eigenvalue weighted by molar-refractivity contribution is 6.00. The van der Waals surface area contributed by atoms with Gasteiger partial charge in [0.05, 0.1) is 11.3 Å². The fourth-order valence-corrected chi connectivity index (χ4v) is 2.45. The van der Waals surface area contributed by atoms with Crippen LogP contribution in [0.3, 0.4) is 0 Å². The number of likely N-dealkylation sites (N-methyl/N-ethyl adjacent to an activating group) is 1. The van der Waals surface area contributed by atoms with Crippen molar-refractivity contribution in [3.8, 4) is 0 Å². The molecule has 1 fully saturated rings. The quantitative estimate of drug-likeness (QED) is 0.871. The molecular weight excluding hydrogens is 277 g/mol. The Kier molecular flexibility index (Phi) is 4.42. The van der Waals surface area contributed by atoms with Crippen LogP contribution in [0.15, 0.2) is 18.2 Å². The molecule has 0 aromatic heterocycles. The first kappa shape index (κ1) is 15.2. The number of carboxylic acid groups (broad SMARTS) is 1. The molecular formula is C14H18FN3O3. The number of hydrogen-bond donors (Lipinski definition) is 2. The van der Waals surface area contributed by atoms with Gasteiger partial charge in [-0.2, -0.15) is 0 Å². The maximum Gasteiger partial charge on any atom is 0.337 e. The van der Waals surface area contributed by atoms with E-state index in [2.05, 4.69) is 10.2 Å². The molecule has 0 saturated carbocycles. The number of para-hydroxylation sites is 1. The van der Waals surface area contributed by atoms with Crippen molar-refractivity contribution in [2.24, 2.45) is 0 Å². The van der Waals surface area contributed by atoms with Crippen molar-refractivity contribution >= 4 is 17.7 Å². The zero-order valence-electron chi connectivity index (χ0n) is 12.0. The van der Waals surface area contributed by atoms with Gasteiger partial charge in [0.2, 0.25) is 0 Å². The van der Waals surface area contributed by atoms with E-state index in [0.717, 1.165) is 19.2 Å². The molecule has 0 aliphatic carbocycles. The SMILES string of the molecule is CC1CN(C)CCN1C(=O)Nc1c(F)cccc1C(=O)O. The van der Waals surface area contributed by atoms with Crippen LogP contribution in [0.2, 0.25) is 0 Å². The van der Waals surface area contributed by atoms with Gasteiger partial charge in [-0.3, -0.25) is 0 Å². The van der Waals surface area contributed by atoms with Gasteiger partial charge in [0.15, 0.2) is 0 Å². The fraction of sp³-hybridized carbons (Fsp3) is 0.429. The van der Waals surface area contributed by atoms with Crippen LogP contribution in [-0.2, 0) is 0 Å². The second kappa shape index (κ2) is 6.09. The van der Waals surface area contributed by atoms with Crippen molar-refractivity contribution in [3.05, 3.63) is 29.6 Å². The predicted octanol–water partition coefficient (Wildman–Crippen LogP) is 1.69. The van der Waals surface area contributed by atoms with Crippen LogP contribution in [0.4, 0.5) is 14.9 Å². The van der Waals surface area contributed by atoms with Crippen LogP contribution in [0, 0.1) is 5.82 Å². The average Bonchev–Trinajstić information content (AvgIpc) is 2.40. The number of halogens is 1. The second-order valence-electron chi connectivity index (χ2n) is 5.20. The summed E-state index contributed by atoms with van der Waals surface area (Å²) >= 11 is 0. The summed E-state index contributed by atoms with van der Waals surface area (Å²) in [5.41, 5.74) is -0.550. The number of benzene rings is 1. The monoisotopic (exact) mass is 295 g/mol. The van der Waals surface area contributed by atoms with Crippen molar-refractivity contribution in [3.63, 3.8) is 0 Å². The molecule has 2 N–H and O–H groups in total. The molecule has 2 amide bonds. The molecule has 2 rings (SSSR count). The standard InChI is InChI=1S/C14H18FN3O3/c1-9-8-17(2)6-7-18(9)14(21)16-12-10(13(19)20)4-3-5-11(12)15/h3-5,9H,6-8H2,1-2H3,(H,16,21)(H,19,20). The smallest absolute Gasteiger partial charge is 0.337 e. The predicted molar refractivity (Wildman–Crippen MR) is 76.0 cm³/mol. The Morgan fingerprint density at radius 3 is 2.71 bits per heavy atom. The first-order chi connectivity index (χ1) is 9.90. The van der Waals surface area contributed by atoms with Gasteiger partial charge in [-0.1, -0.05) is 6.07 Å². The van der Waals surface area contributed by atoms with Crippen LogP contribution in [0.1, 0.15) is 17.3 Å². The Labute approximate surface area is 122 Å². The van der Waals surface area contributed by atoms with Crippen molar-refractivity contribution in [1.29, 1.82) is 0 Å². The number of hydrogen-bond acceptors (Lipinski definition) is 3. The number of aromatic carboxylic acids is 1. The van der Waals surface area contributed by atoms with Gasteiger partial charge in [-0.05, 0) is 26.1 Å². The molecule has 21 heavy (non-hydrogen) atoms. The van der Waals surface area contributed by atoms with E-state index >= 15 is 0 Å². The number of anilines is 1. The number of rotatable bonds is 2. The molecule has 1 aromatic rings.